The van der Waals surface area contributed by atoms with E-state index in [0.717, 1.165) is 24.3 Å². The van der Waals surface area contributed by atoms with E-state index in [1.165, 1.54) is 12.1 Å². The number of carbonyl (C=O) groups excluding carboxylic acids is 2. The van der Waals surface area contributed by atoms with Gasteiger partial charge in [0.2, 0.25) is 0 Å². The molecular formula is C15H15F3O3. The van der Waals surface area contributed by atoms with Crippen LogP contribution in [0.5, 0.6) is 0 Å². The third kappa shape index (κ3) is 5.41. The molecule has 6 heteroatoms. The van der Waals surface area contributed by atoms with Crippen LogP contribution in [-0.2, 0) is 20.5 Å². The van der Waals surface area contributed by atoms with Crippen LogP contribution in [0.15, 0.2) is 30.3 Å². The lowest BCUT2D eigenvalue weighted by molar-refractivity contribution is -0.162. The van der Waals surface area contributed by atoms with E-state index in [1.807, 2.05) is 0 Å². The molecular weight excluding hydrogens is 285 g/mol. The molecule has 0 fully saturated rings. The van der Waals surface area contributed by atoms with Crippen molar-refractivity contribution in [3.8, 4) is 0 Å². The highest BCUT2D eigenvalue weighted by molar-refractivity contribution is 5.96. The van der Waals surface area contributed by atoms with Gasteiger partial charge in [-0.05, 0) is 44.5 Å². The smallest absolute Gasteiger partial charge is 0.389 e. The predicted octanol–water partition coefficient (Wildman–Crippen LogP) is 3.83. The summed E-state index contributed by atoms with van der Waals surface area (Å²) in [7, 11) is 0. The summed E-state index contributed by atoms with van der Waals surface area (Å²) >= 11 is 0. The van der Waals surface area contributed by atoms with Crippen molar-refractivity contribution in [1.82, 2.24) is 0 Å². The predicted molar refractivity (Wildman–Crippen MR) is 71.0 cm³/mol. The number of alkyl halides is 3. The lowest BCUT2D eigenvalue weighted by Crippen LogP contribution is -2.25. The zero-order valence-corrected chi connectivity index (χ0v) is 11.8. The fourth-order valence-electron chi connectivity index (χ4n) is 1.26. The van der Waals surface area contributed by atoms with Gasteiger partial charge in [-0.15, -0.1) is 0 Å². The summed E-state index contributed by atoms with van der Waals surface area (Å²) in [6, 6.07) is 4.47. The summed E-state index contributed by atoms with van der Waals surface area (Å²) in [5.41, 5.74) is -1.46. The van der Waals surface area contributed by atoms with E-state index in [4.69, 9.17) is 0 Å². The normalized spacial score (nSPS) is 12.5. The lowest BCUT2D eigenvalue weighted by atomic mass is 9.97. The summed E-state index contributed by atoms with van der Waals surface area (Å²) < 4.78 is 42.1. The first-order chi connectivity index (χ1) is 9.50. The van der Waals surface area contributed by atoms with Gasteiger partial charge in [0.05, 0.1) is 11.0 Å². The Labute approximate surface area is 120 Å². The summed E-state index contributed by atoms with van der Waals surface area (Å²) in [4.78, 5) is 22.8. The van der Waals surface area contributed by atoms with E-state index < -0.39 is 29.1 Å². The number of carbonyl (C=O) groups is 2. The molecule has 0 bridgehead atoms. The van der Waals surface area contributed by atoms with Gasteiger partial charge in [-0.25, -0.2) is 4.79 Å². The molecule has 0 saturated heterocycles. The molecule has 114 valence electrons. The van der Waals surface area contributed by atoms with E-state index >= 15 is 0 Å². The average Bonchev–Trinajstić information content (AvgIpc) is 2.34. The maximum atomic E-state index is 12.5. The van der Waals surface area contributed by atoms with E-state index in [2.05, 4.69) is 4.74 Å². The quantitative estimate of drug-likeness (QED) is 0.473. The molecule has 1 rings (SSSR count). The molecule has 1 aromatic carbocycles. The zero-order chi connectivity index (χ0) is 16.3. The van der Waals surface area contributed by atoms with Gasteiger partial charge in [-0.2, -0.15) is 13.2 Å². The van der Waals surface area contributed by atoms with Crippen LogP contribution in [0, 0.1) is 5.41 Å². The van der Waals surface area contributed by atoms with Crippen LogP contribution in [0.1, 0.15) is 31.9 Å². The van der Waals surface area contributed by atoms with E-state index in [9.17, 15) is 22.8 Å². The summed E-state index contributed by atoms with van der Waals surface area (Å²) in [5.74, 6) is -1.63. The highest BCUT2D eigenvalue weighted by Gasteiger charge is 2.30. The first-order valence-electron chi connectivity index (χ1n) is 6.12. The Kier molecular flexibility index (Phi) is 4.93. The van der Waals surface area contributed by atoms with Crippen molar-refractivity contribution >= 4 is 18.0 Å². The molecule has 0 radical (unpaired) electrons. The number of hydrogen-bond donors (Lipinski definition) is 0. The topological polar surface area (TPSA) is 43.4 Å². The van der Waals surface area contributed by atoms with Gasteiger partial charge >= 0.3 is 18.1 Å². The standard InChI is InChI=1S/C15H15F3O3/c1-14(2,3)13(20)21-12(19)8-7-10-5-4-6-11(9-10)15(16,17)18/h4-9H,1-3H3/b8-7+. The van der Waals surface area contributed by atoms with Gasteiger partial charge in [-0.3, -0.25) is 4.79 Å². The van der Waals surface area contributed by atoms with Crippen LogP contribution >= 0.6 is 0 Å². The molecule has 0 heterocycles. The van der Waals surface area contributed by atoms with Crippen molar-refractivity contribution in [2.24, 2.45) is 5.41 Å². The number of esters is 2. The summed E-state index contributed by atoms with van der Waals surface area (Å²) in [5, 5.41) is 0. The number of rotatable bonds is 2. The van der Waals surface area contributed by atoms with Gasteiger partial charge < -0.3 is 4.74 Å². The second-order valence-electron chi connectivity index (χ2n) is 5.42. The van der Waals surface area contributed by atoms with Crippen LogP contribution < -0.4 is 0 Å². The van der Waals surface area contributed by atoms with Crippen LogP contribution in [0.3, 0.4) is 0 Å². The highest BCUT2D eigenvalue weighted by atomic mass is 19.4. The molecule has 0 aliphatic rings. The van der Waals surface area contributed by atoms with Crippen LogP contribution in [-0.4, -0.2) is 11.9 Å². The first kappa shape index (κ1) is 16.9. The molecule has 0 aromatic heterocycles. The fourth-order valence-corrected chi connectivity index (χ4v) is 1.26. The Balaban J connectivity index is 2.78. The molecule has 0 saturated carbocycles. The van der Waals surface area contributed by atoms with E-state index in [0.29, 0.717) is 0 Å². The van der Waals surface area contributed by atoms with Gasteiger partial charge in [0.1, 0.15) is 0 Å². The van der Waals surface area contributed by atoms with Crippen molar-refractivity contribution in [3.63, 3.8) is 0 Å². The Bertz CT molecular complexity index is 566. The second-order valence-corrected chi connectivity index (χ2v) is 5.42. The summed E-state index contributed by atoms with van der Waals surface area (Å²) in [6.07, 6.45) is -2.38. The third-order valence-electron chi connectivity index (χ3n) is 2.43. The largest absolute Gasteiger partial charge is 0.416 e. The second kappa shape index (κ2) is 6.11. The van der Waals surface area contributed by atoms with E-state index in [1.54, 1.807) is 20.8 Å². The number of hydrogen-bond acceptors (Lipinski definition) is 3. The van der Waals surface area contributed by atoms with Gasteiger partial charge in [0.15, 0.2) is 0 Å². The molecule has 21 heavy (non-hydrogen) atoms. The Hall–Kier alpha value is -2.11. The first-order valence-corrected chi connectivity index (χ1v) is 6.12. The Morgan fingerprint density at radius 2 is 1.76 bits per heavy atom. The van der Waals surface area contributed by atoms with Crippen molar-refractivity contribution in [2.75, 3.05) is 0 Å². The third-order valence-corrected chi connectivity index (χ3v) is 2.43. The molecule has 0 amide bonds. The average molecular weight is 300 g/mol. The van der Waals surface area contributed by atoms with Gasteiger partial charge in [0.25, 0.3) is 0 Å². The van der Waals surface area contributed by atoms with E-state index in [-0.39, 0.29) is 5.56 Å². The minimum absolute atomic E-state index is 0.185. The van der Waals surface area contributed by atoms with Crippen molar-refractivity contribution in [3.05, 3.63) is 41.5 Å². The number of halogens is 3. The zero-order valence-electron chi connectivity index (χ0n) is 11.8. The number of ether oxygens (including phenoxy) is 1. The molecule has 0 aliphatic heterocycles. The van der Waals surface area contributed by atoms with Gasteiger partial charge in [0, 0.05) is 6.08 Å². The molecule has 3 nitrogen and oxygen atoms in total. The minimum Gasteiger partial charge on any atom is -0.389 e. The Morgan fingerprint density at radius 3 is 2.29 bits per heavy atom. The van der Waals surface area contributed by atoms with Crippen LogP contribution in [0.2, 0.25) is 0 Å². The molecule has 0 aliphatic carbocycles. The number of benzene rings is 1. The molecule has 0 N–H and O–H groups in total. The van der Waals surface area contributed by atoms with Crippen molar-refractivity contribution < 1.29 is 27.5 Å². The Morgan fingerprint density at radius 1 is 1.14 bits per heavy atom. The molecule has 0 unspecified atom stereocenters. The SMILES string of the molecule is CC(C)(C)C(=O)OC(=O)/C=C/c1cccc(C(F)(F)F)c1. The maximum Gasteiger partial charge on any atom is 0.416 e. The maximum absolute atomic E-state index is 12.5. The monoisotopic (exact) mass is 300 g/mol. The summed E-state index contributed by atoms with van der Waals surface area (Å²) in [6.45, 7) is 4.75. The molecule has 1 aromatic rings. The molecule has 0 atom stereocenters. The minimum atomic E-state index is -4.45. The van der Waals surface area contributed by atoms with Crippen molar-refractivity contribution in [2.45, 2.75) is 26.9 Å². The van der Waals surface area contributed by atoms with Crippen LogP contribution in [0.25, 0.3) is 6.08 Å². The van der Waals surface area contributed by atoms with Gasteiger partial charge in [-0.1, -0.05) is 12.1 Å². The lowest BCUT2D eigenvalue weighted by Gasteiger charge is -2.14. The van der Waals surface area contributed by atoms with Crippen molar-refractivity contribution in [1.29, 1.82) is 0 Å². The highest BCUT2D eigenvalue weighted by Crippen LogP contribution is 2.29. The molecule has 0 spiro atoms. The van der Waals surface area contributed by atoms with Crippen LogP contribution in [0.4, 0.5) is 13.2 Å². The fraction of sp³-hybridized carbons (Fsp3) is 0.333.